The fraction of sp³-hybridized carbons (Fsp3) is 0.500. The smallest absolute Gasteiger partial charge is 0.331 e. The van der Waals surface area contributed by atoms with Crippen LogP contribution in [0.1, 0.15) is 34.6 Å². The molecule has 1 fully saturated rings. The zero-order valence-electron chi connectivity index (χ0n) is 14.3. The van der Waals surface area contributed by atoms with Crippen LogP contribution in [0.25, 0.3) is 0 Å². The average molecular weight is 341 g/mol. The highest BCUT2D eigenvalue weighted by Gasteiger charge is 2.34. The van der Waals surface area contributed by atoms with E-state index in [1.165, 1.54) is 0 Å². The number of rotatable bonds is 2. The summed E-state index contributed by atoms with van der Waals surface area (Å²) < 4.78 is 0. The van der Waals surface area contributed by atoms with Gasteiger partial charge in [-0.25, -0.2) is 4.79 Å². The predicted molar refractivity (Wildman–Crippen MR) is 98.2 cm³/mol. The number of aliphatic imine (C=N–C) groups is 1. The molecular formula is C16H27N3O3S. The number of urea groups is 1. The first-order valence-corrected chi connectivity index (χ1v) is 8.16. The fourth-order valence-electron chi connectivity index (χ4n) is 2.07. The number of benzene rings is 1. The van der Waals surface area contributed by atoms with Crippen LogP contribution in [0.5, 0.6) is 0 Å². The molecule has 2 rings (SSSR count). The molecule has 2 amide bonds. The molecule has 0 bridgehead atoms. The Bertz CT molecular complexity index is 541. The Kier molecular flexibility index (Phi) is 7.76. The molecule has 6 nitrogen and oxygen atoms in total. The number of carbonyl (C=O) groups excluding carboxylic acids is 1. The molecule has 1 aromatic rings. The number of para-hydroxylation sites is 1. The first-order valence-electron chi connectivity index (χ1n) is 7.18. The summed E-state index contributed by atoms with van der Waals surface area (Å²) in [5.41, 5.74) is 0.737. The van der Waals surface area contributed by atoms with E-state index in [0.717, 1.165) is 10.9 Å². The lowest BCUT2D eigenvalue weighted by molar-refractivity contribution is 0.220. The van der Waals surface area contributed by atoms with E-state index < -0.39 is 0 Å². The van der Waals surface area contributed by atoms with Crippen LogP contribution in [-0.4, -0.2) is 44.5 Å². The van der Waals surface area contributed by atoms with Gasteiger partial charge in [-0.05, 0) is 46.8 Å². The number of nitrogens with zero attached hydrogens (tertiary/aromatic N) is 3. The Morgan fingerprint density at radius 3 is 2.17 bits per heavy atom. The van der Waals surface area contributed by atoms with Crippen molar-refractivity contribution >= 4 is 28.6 Å². The maximum Gasteiger partial charge on any atom is 0.331 e. The van der Waals surface area contributed by atoms with Crippen molar-refractivity contribution in [2.45, 2.75) is 46.2 Å². The van der Waals surface area contributed by atoms with Gasteiger partial charge in [0, 0.05) is 11.7 Å². The number of hydrogen-bond donors (Lipinski definition) is 0. The van der Waals surface area contributed by atoms with Crippen molar-refractivity contribution in [1.29, 1.82) is 0 Å². The molecule has 1 heterocycles. The monoisotopic (exact) mass is 341 g/mol. The van der Waals surface area contributed by atoms with Gasteiger partial charge in [-0.2, -0.15) is 0 Å². The van der Waals surface area contributed by atoms with Gasteiger partial charge in [0.2, 0.25) is 0 Å². The third kappa shape index (κ3) is 5.23. The maximum absolute atomic E-state index is 12.8. The molecule has 0 radical (unpaired) electrons. The van der Waals surface area contributed by atoms with Crippen LogP contribution in [0.3, 0.4) is 0 Å². The molecular weight excluding hydrogens is 314 g/mol. The van der Waals surface area contributed by atoms with Crippen molar-refractivity contribution in [3.05, 3.63) is 30.3 Å². The highest BCUT2D eigenvalue weighted by atomic mass is 32.2. The number of carbonyl (C=O) groups is 1. The quantitative estimate of drug-likeness (QED) is 0.825. The zero-order chi connectivity index (χ0) is 15.6. The van der Waals surface area contributed by atoms with E-state index in [4.69, 9.17) is 4.99 Å². The number of amidine groups is 1. The number of hydrogen-bond acceptors (Lipinski definition) is 3. The van der Waals surface area contributed by atoms with Gasteiger partial charge in [0.15, 0.2) is 5.17 Å². The zero-order valence-corrected chi connectivity index (χ0v) is 15.1. The Labute approximate surface area is 142 Å². The molecule has 1 aliphatic heterocycles. The minimum atomic E-state index is -0.190. The molecule has 1 aliphatic rings. The molecule has 7 heteroatoms. The number of anilines is 1. The lowest BCUT2D eigenvalue weighted by Crippen LogP contribution is -2.53. The van der Waals surface area contributed by atoms with E-state index in [2.05, 4.69) is 0 Å². The Morgan fingerprint density at radius 2 is 1.70 bits per heavy atom. The van der Waals surface area contributed by atoms with Crippen molar-refractivity contribution in [3.63, 3.8) is 0 Å². The molecule has 1 saturated heterocycles. The van der Waals surface area contributed by atoms with Gasteiger partial charge in [-0.3, -0.25) is 14.8 Å². The second-order valence-electron chi connectivity index (χ2n) is 6.35. The first kappa shape index (κ1) is 21.4. The molecule has 23 heavy (non-hydrogen) atoms. The van der Waals surface area contributed by atoms with Crippen molar-refractivity contribution in [3.8, 4) is 0 Å². The Morgan fingerprint density at radius 1 is 1.13 bits per heavy atom. The van der Waals surface area contributed by atoms with Crippen LogP contribution < -0.4 is 4.90 Å². The summed E-state index contributed by atoms with van der Waals surface area (Å²) in [6, 6.07) is 9.86. The standard InChI is InChI=1S/C16H23N3OS.2H2O/c1-12(2)19-14(17-16(3,4)5)21-11-18(15(19)20)13-9-7-6-8-10-13;;/h6-10,12H,11H2,1-5H3;2*1H2. The van der Waals surface area contributed by atoms with Gasteiger partial charge in [-0.15, -0.1) is 0 Å². The predicted octanol–water partition coefficient (Wildman–Crippen LogP) is 2.53. The first-order chi connectivity index (χ1) is 9.79. The minimum Gasteiger partial charge on any atom is -0.412 e. The third-order valence-corrected chi connectivity index (χ3v) is 3.91. The van der Waals surface area contributed by atoms with E-state index >= 15 is 0 Å². The van der Waals surface area contributed by atoms with Crippen LogP contribution in [0.4, 0.5) is 10.5 Å². The second kappa shape index (κ2) is 8.33. The SMILES string of the molecule is CC(C)N1C(=O)N(c2ccccc2)CSC1=NC(C)(C)C.O.O. The molecule has 0 aromatic heterocycles. The van der Waals surface area contributed by atoms with Crippen molar-refractivity contribution in [1.82, 2.24) is 4.90 Å². The van der Waals surface area contributed by atoms with E-state index in [9.17, 15) is 4.79 Å². The van der Waals surface area contributed by atoms with E-state index in [0.29, 0.717) is 5.88 Å². The van der Waals surface area contributed by atoms with Gasteiger partial charge in [-0.1, -0.05) is 30.0 Å². The second-order valence-corrected chi connectivity index (χ2v) is 7.26. The lowest BCUT2D eigenvalue weighted by atomic mass is 10.1. The van der Waals surface area contributed by atoms with Gasteiger partial charge < -0.3 is 11.0 Å². The van der Waals surface area contributed by atoms with Crippen molar-refractivity contribution in [2.75, 3.05) is 10.8 Å². The molecule has 4 N–H and O–H groups in total. The molecule has 0 unspecified atom stereocenters. The molecule has 1 aromatic carbocycles. The van der Waals surface area contributed by atoms with Gasteiger partial charge in [0.05, 0.1) is 11.4 Å². The van der Waals surface area contributed by atoms with Crippen LogP contribution in [0, 0.1) is 0 Å². The number of amides is 2. The van der Waals surface area contributed by atoms with E-state index in [1.54, 1.807) is 21.6 Å². The summed E-state index contributed by atoms with van der Waals surface area (Å²) in [4.78, 5) is 21.1. The van der Waals surface area contributed by atoms with Crippen LogP contribution in [-0.2, 0) is 0 Å². The molecule has 0 atom stereocenters. The largest absolute Gasteiger partial charge is 0.412 e. The molecule has 130 valence electrons. The minimum absolute atomic E-state index is 0. The van der Waals surface area contributed by atoms with Gasteiger partial charge >= 0.3 is 6.03 Å². The summed E-state index contributed by atoms with van der Waals surface area (Å²) in [5, 5.41) is 0.815. The Balaban J connectivity index is 0.00000242. The van der Waals surface area contributed by atoms with Crippen LogP contribution in [0.15, 0.2) is 35.3 Å². The fourth-order valence-corrected chi connectivity index (χ4v) is 3.34. The van der Waals surface area contributed by atoms with Gasteiger partial charge in [0.25, 0.3) is 0 Å². The van der Waals surface area contributed by atoms with E-state index in [1.807, 2.05) is 65.0 Å². The molecule has 0 saturated carbocycles. The van der Waals surface area contributed by atoms with Crippen molar-refractivity contribution < 1.29 is 15.7 Å². The summed E-state index contributed by atoms with van der Waals surface area (Å²) in [7, 11) is 0. The van der Waals surface area contributed by atoms with E-state index in [-0.39, 0.29) is 28.6 Å². The lowest BCUT2D eigenvalue weighted by Gasteiger charge is -2.38. The van der Waals surface area contributed by atoms with Crippen LogP contribution in [0.2, 0.25) is 0 Å². The third-order valence-electron chi connectivity index (χ3n) is 2.98. The molecule has 0 aliphatic carbocycles. The number of thioether (sulfide) groups is 1. The van der Waals surface area contributed by atoms with Gasteiger partial charge in [0.1, 0.15) is 0 Å². The summed E-state index contributed by atoms with van der Waals surface area (Å²) in [6.07, 6.45) is 0. The molecule has 0 spiro atoms. The highest BCUT2D eigenvalue weighted by molar-refractivity contribution is 8.14. The summed E-state index contributed by atoms with van der Waals surface area (Å²) in [6.45, 7) is 10.2. The normalized spacial score (nSPS) is 17.1. The highest BCUT2D eigenvalue weighted by Crippen LogP contribution is 2.29. The topological polar surface area (TPSA) is 98.9 Å². The summed E-state index contributed by atoms with van der Waals surface area (Å²) >= 11 is 1.61. The van der Waals surface area contributed by atoms with Crippen molar-refractivity contribution in [2.24, 2.45) is 4.99 Å². The van der Waals surface area contributed by atoms with Crippen LogP contribution >= 0.6 is 11.8 Å². The maximum atomic E-state index is 12.8. The summed E-state index contributed by atoms with van der Waals surface area (Å²) in [5.74, 6) is 0.598. The average Bonchev–Trinajstić information content (AvgIpc) is 2.37. The Hall–Kier alpha value is -1.57.